The van der Waals surface area contributed by atoms with E-state index in [1.54, 1.807) is 12.3 Å². The molecular formula is C5H4ClIN2. The fraction of sp³-hybridized carbons (Fsp3) is 0.200. The van der Waals surface area contributed by atoms with Crippen LogP contribution in [0.25, 0.3) is 0 Å². The van der Waals surface area contributed by atoms with Crippen molar-refractivity contribution in [2.75, 3.05) is 0 Å². The first kappa shape index (κ1) is 7.21. The number of hydrogen-bond donors (Lipinski definition) is 0. The molecule has 4 heteroatoms. The third kappa shape index (κ3) is 2.06. The van der Waals surface area contributed by atoms with E-state index in [0.717, 1.165) is 9.53 Å². The Hall–Kier alpha value is 0.1000. The van der Waals surface area contributed by atoms with Crippen LogP contribution in [0.2, 0.25) is 0 Å². The molecule has 0 aromatic carbocycles. The van der Waals surface area contributed by atoms with Crippen LogP contribution in [0.5, 0.6) is 0 Å². The number of rotatable bonds is 1. The summed E-state index contributed by atoms with van der Waals surface area (Å²) in [5, 5.41) is 0. The Labute approximate surface area is 71.8 Å². The predicted octanol–water partition coefficient (Wildman–Crippen LogP) is 1.82. The van der Waals surface area contributed by atoms with E-state index in [9.17, 15) is 0 Å². The highest BCUT2D eigenvalue weighted by Gasteiger charge is 1.91. The average Bonchev–Trinajstić information content (AvgIpc) is 1.88. The van der Waals surface area contributed by atoms with E-state index in [-0.39, 0.29) is 0 Å². The second kappa shape index (κ2) is 3.31. The number of halogens is 2. The fourth-order valence-corrected chi connectivity index (χ4v) is 1.06. The Balaban J connectivity index is 2.94. The van der Waals surface area contributed by atoms with Gasteiger partial charge in [-0.1, -0.05) is 0 Å². The minimum atomic E-state index is 0.457. The maximum absolute atomic E-state index is 5.51. The second-order valence-electron chi connectivity index (χ2n) is 1.45. The Morgan fingerprint density at radius 3 is 2.89 bits per heavy atom. The monoisotopic (exact) mass is 254 g/mol. The first-order valence-electron chi connectivity index (χ1n) is 2.36. The van der Waals surface area contributed by atoms with Gasteiger partial charge in [0.15, 0.2) is 3.83 Å². The van der Waals surface area contributed by atoms with Crippen molar-refractivity contribution in [2.24, 2.45) is 0 Å². The molecule has 1 aromatic rings. The van der Waals surface area contributed by atoms with Crippen LogP contribution in [0.15, 0.2) is 12.3 Å². The minimum absolute atomic E-state index is 0.457. The molecule has 9 heavy (non-hydrogen) atoms. The van der Waals surface area contributed by atoms with Crippen LogP contribution in [0.1, 0.15) is 5.69 Å². The standard InChI is InChI=1S/C5H4ClIN2/c6-3-4-1-2-8-5(7)9-4/h1-2H,3H2. The number of alkyl halides is 1. The first-order chi connectivity index (χ1) is 4.33. The zero-order valence-electron chi connectivity index (χ0n) is 4.51. The van der Waals surface area contributed by atoms with Crippen molar-refractivity contribution in [2.45, 2.75) is 5.88 Å². The lowest BCUT2D eigenvalue weighted by molar-refractivity contribution is 1.04. The van der Waals surface area contributed by atoms with Crippen LogP contribution in [0, 0.1) is 3.83 Å². The van der Waals surface area contributed by atoms with Crippen molar-refractivity contribution in [3.8, 4) is 0 Å². The minimum Gasteiger partial charge on any atom is -0.232 e. The molecule has 0 saturated carbocycles. The number of aromatic nitrogens is 2. The Morgan fingerprint density at radius 2 is 2.44 bits per heavy atom. The summed E-state index contributed by atoms with van der Waals surface area (Å²) < 4.78 is 0.741. The predicted molar refractivity (Wildman–Crippen MR) is 44.3 cm³/mol. The molecule has 1 heterocycles. The Kier molecular flexibility index (Phi) is 2.65. The van der Waals surface area contributed by atoms with Crippen LogP contribution in [0.4, 0.5) is 0 Å². The Morgan fingerprint density at radius 1 is 1.67 bits per heavy atom. The van der Waals surface area contributed by atoms with Crippen molar-refractivity contribution in [1.29, 1.82) is 0 Å². The van der Waals surface area contributed by atoms with Gasteiger partial charge in [-0.2, -0.15) is 0 Å². The normalized spacial score (nSPS) is 9.56. The van der Waals surface area contributed by atoms with Crippen LogP contribution in [-0.4, -0.2) is 9.97 Å². The van der Waals surface area contributed by atoms with Gasteiger partial charge in [-0.15, -0.1) is 11.6 Å². The fourth-order valence-electron chi connectivity index (χ4n) is 0.444. The molecule has 0 amide bonds. The van der Waals surface area contributed by atoms with Gasteiger partial charge in [0.05, 0.1) is 11.6 Å². The maximum atomic E-state index is 5.51. The third-order valence-corrected chi connectivity index (χ3v) is 1.61. The molecule has 0 spiro atoms. The highest BCUT2D eigenvalue weighted by atomic mass is 127. The van der Waals surface area contributed by atoms with Crippen molar-refractivity contribution in [3.63, 3.8) is 0 Å². The van der Waals surface area contributed by atoms with Crippen LogP contribution in [-0.2, 0) is 5.88 Å². The lowest BCUT2D eigenvalue weighted by atomic mass is 10.5. The quantitative estimate of drug-likeness (QED) is 0.434. The lowest BCUT2D eigenvalue weighted by Gasteiger charge is -1.91. The summed E-state index contributed by atoms with van der Waals surface area (Å²) in [6.45, 7) is 0. The van der Waals surface area contributed by atoms with E-state index in [1.807, 2.05) is 22.6 Å². The first-order valence-corrected chi connectivity index (χ1v) is 3.97. The highest BCUT2D eigenvalue weighted by Crippen LogP contribution is 2.00. The van der Waals surface area contributed by atoms with E-state index in [0.29, 0.717) is 5.88 Å². The van der Waals surface area contributed by atoms with Crippen LogP contribution >= 0.6 is 34.2 Å². The molecule has 0 saturated heterocycles. The molecular weight excluding hydrogens is 250 g/mol. The third-order valence-electron chi connectivity index (χ3n) is 0.821. The second-order valence-corrected chi connectivity index (χ2v) is 2.68. The van der Waals surface area contributed by atoms with Gasteiger partial charge in [0.1, 0.15) is 0 Å². The number of nitrogens with zero attached hydrogens (tertiary/aromatic N) is 2. The Bertz CT molecular complexity index is 204. The van der Waals surface area contributed by atoms with E-state index in [2.05, 4.69) is 9.97 Å². The topological polar surface area (TPSA) is 25.8 Å². The molecule has 1 aromatic heterocycles. The molecule has 0 aliphatic heterocycles. The molecule has 0 N–H and O–H groups in total. The van der Waals surface area contributed by atoms with Crippen LogP contribution in [0.3, 0.4) is 0 Å². The van der Waals surface area contributed by atoms with Gasteiger partial charge in [0.25, 0.3) is 0 Å². The average molecular weight is 254 g/mol. The largest absolute Gasteiger partial charge is 0.232 e. The summed E-state index contributed by atoms with van der Waals surface area (Å²) in [4.78, 5) is 7.94. The maximum Gasteiger partial charge on any atom is 0.190 e. The summed E-state index contributed by atoms with van der Waals surface area (Å²) in [5.74, 6) is 0.457. The smallest absolute Gasteiger partial charge is 0.190 e. The van der Waals surface area contributed by atoms with Gasteiger partial charge >= 0.3 is 0 Å². The van der Waals surface area contributed by atoms with Gasteiger partial charge in [-0.25, -0.2) is 9.97 Å². The summed E-state index contributed by atoms with van der Waals surface area (Å²) >= 11 is 7.55. The zero-order valence-corrected chi connectivity index (χ0v) is 7.43. The SMILES string of the molecule is ClCc1ccnc(I)n1. The van der Waals surface area contributed by atoms with E-state index < -0.39 is 0 Å². The lowest BCUT2D eigenvalue weighted by Crippen LogP contribution is -1.89. The van der Waals surface area contributed by atoms with Gasteiger partial charge in [0, 0.05) is 28.8 Å². The molecule has 0 fully saturated rings. The van der Waals surface area contributed by atoms with Gasteiger partial charge in [-0.05, 0) is 6.07 Å². The summed E-state index contributed by atoms with van der Waals surface area (Å²) in [7, 11) is 0. The van der Waals surface area contributed by atoms with Crippen LogP contribution < -0.4 is 0 Å². The van der Waals surface area contributed by atoms with Crippen molar-refractivity contribution in [1.82, 2.24) is 9.97 Å². The molecule has 0 unspecified atom stereocenters. The molecule has 0 aliphatic carbocycles. The molecule has 0 aliphatic rings. The number of hydrogen-bond acceptors (Lipinski definition) is 2. The van der Waals surface area contributed by atoms with E-state index >= 15 is 0 Å². The summed E-state index contributed by atoms with van der Waals surface area (Å²) in [6, 6.07) is 1.80. The molecule has 48 valence electrons. The van der Waals surface area contributed by atoms with Crippen molar-refractivity contribution in [3.05, 3.63) is 21.8 Å². The van der Waals surface area contributed by atoms with E-state index in [4.69, 9.17) is 11.6 Å². The molecule has 2 nitrogen and oxygen atoms in total. The zero-order chi connectivity index (χ0) is 6.69. The van der Waals surface area contributed by atoms with Crippen molar-refractivity contribution >= 4 is 34.2 Å². The summed E-state index contributed by atoms with van der Waals surface area (Å²) in [5.41, 5.74) is 0.871. The van der Waals surface area contributed by atoms with Gasteiger partial charge in [0.2, 0.25) is 0 Å². The van der Waals surface area contributed by atoms with Crippen molar-refractivity contribution < 1.29 is 0 Å². The highest BCUT2D eigenvalue weighted by molar-refractivity contribution is 14.1. The van der Waals surface area contributed by atoms with E-state index in [1.165, 1.54) is 0 Å². The molecule has 1 rings (SSSR count). The molecule has 0 atom stereocenters. The van der Waals surface area contributed by atoms with Gasteiger partial charge in [-0.3, -0.25) is 0 Å². The summed E-state index contributed by atoms with van der Waals surface area (Å²) in [6.07, 6.45) is 1.70. The van der Waals surface area contributed by atoms with Gasteiger partial charge < -0.3 is 0 Å². The molecule has 0 bridgehead atoms. The molecule has 0 radical (unpaired) electrons.